The molecule has 120 valence electrons. The normalized spacial score (nSPS) is 10.5. The first kappa shape index (κ1) is 18.1. The van der Waals surface area contributed by atoms with Crippen LogP contribution in [0.2, 0.25) is 0 Å². The van der Waals surface area contributed by atoms with E-state index in [0.29, 0.717) is 0 Å². The largest absolute Gasteiger partial charge is 0.0532 e. The highest BCUT2D eigenvalue weighted by Gasteiger charge is 1.95. The highest BCUT2D eigenvalue weighted by atomic mass is 79.9. The molecule has 4 aromatic carbocycles. The van der Waals surface area contributed by atoms with Crippen LogP contribution in [0.1, 0.15) is 0 Å². The van der Waals surface area contributed by atoms with E-state index in [1.807, 2.05) is 0 Å². The van der Waals surface area contributed by atoms with E-state index in [2.05, 4.69) is 137 Å². The standard InChI is InChI=1S/2C10H6Br2/c2*11-9-3-1-7-5-10(12)4-2-8(7)6-9/h2*1-6H. The highest BCUT2D eigenvalue weighted by molar-refractivity contribution is 9.11. The lowest BCUT2D eigenvalue weighted by atomic mass is 10.1. The molecule has 0 unspecified atom stereocenters. The summed E-state index contributed by atoms with van der Waals surface area (Å²) in [5, 5.41) is 5.03. The number of halogens is 4. The van der Waals surface area contributed by atoms with Gasteiger partial charge in [0, 0.05) is 17.9 Å². The summed E-state index contributed by atoms with van der Waals surface area (Å²) in [6, 6.07) is 25.1. The van der Waals surface area contributed by atoms with E-state index in [9.17, 15) is 0 Å². The summed E-state index contributed by atoms with van der Waals surface area (Å²) in [5.41, 5.74) is 0. The minimum atomic E-state index is 1.12. The van der Waals surface area contributed by atoms with E-state index in [0.717, 1.165) is 17.9 Å². The molecule has 4 rings (SSSR count). The first-order chi connectivity index (χ1) is 11.5. The van der Waals surface area contributed by atoms with Crippen molar-refractivity contribution < 1.29 is 0 Å². The Bertz CT molecular complexity index is 843. The molecule has 0 heterocycles. The molecule has 0 fully saturated rings. The third kappa shape index (κ3) is 4.69. The van der Waals surface area contributed by atoms with Crippen molar-refractivity contribution in [2.75, 3.05) is 0 Å². The molecule has 4 heteroatoms. The van der Waals surface area contributed by atoms with Gasteiger partial charge in [0.25, 0.3) is 0 Å². The van der Waals surface area contributed by atoms with E-state index < -0.39 is 0 Å². The molecule has 0 aliphatic heterocycles. The predicted octanol–water partition coefficient (Wildman–Crippen LogP) is 8.73. The zero-order valence-corrected chi connectivity index (χ0v) is 18.8. The molecule has 0 atom stereocenters. The second-order valence-corrected chi connectivity index (χ2v) is 8.93. The number of fused-ring (bicyclic) bond motifs is 2. The lowest BCUT2D eigenvalue weighted by Crippen LogP contribution is -1.72. The van der Waals surface area contributed by atoms with E-state index >= 15 is 0 Å². The summed E-state index contributed by atoms with van der Waals surface area (Å²) in [6.07, 6.45) is 0. The Kier molecular flexibility index (Phi) is 6.14. The van der Waals surface area contributed by atoms with Crippen molar-refractivity contribution in [2.45, 2.75) is 0 Å². The van der Waals surface area contributed by atoms with Crippen molar-refractivity contribution in [3.05, 3.63) is 90.7 Å². The zero-order chi connectivity index (χ0) is 17.1. The van der Waals surface area contributed by atoms with Crippen LogP contribution < -0.4 is 0 Å². The molecule has 0 aliphatic rings. The van der Waals surface area contributed by atoms with Gasteiger partial charge in [-0.3, -0.25) is 0 Å². The maximum Gasteiger partial charge on any atom is 0.0181 e. The summed E-state index contributed by atoms with van der Waals surface area (Å²) in [7, 11) is 0. The second kappa shape index (κ2) is 8.13. The van der Waals surface area contributed by atoms with Gasteiger partial charge in [-0.1, -0.05) is 88.0 Å². The van der Waals surface area contributed by atoms with Gasteiger partial charge in [0.1, 0.15) is 0 Å². The van der Waals surface area contributed by atoms with Crippen molar-refractivity contribution >= 4 is 85.3 Å². The smallest absolute Gasteiger partial charge is 0.0181 e. The lowest BCUT2D eigenvalue weighted by molar-refractivity contribution is 1.67. The molecule has 0 nitrogen and oxygen atoms in total. The predicted molar refractivity (Wildman–Crippen MR) is 119 cm³/mol. The Morgan fingerprint density at radius 1 is 0.333 bits per heavy atom. The maximum atomic E-state index is 3.44. The fourth-order valence-electron chi connectivity index (χ4n) is 2.37. The fraction of sp³-hybridized carbons (Fsp3) is 0. The molecular formula is C20H12Br4. The molecule has 4 aromatic rings. The van der Waals surface area contributed by atoms with Crippen LogP contribution in [0.4, 0.5) is 0 Å². The molecule has 0 aromatic heterocycles. The molecule has 0 saturated heterocycles. The van der Waals surface area contributed by atoms with E-state index in [1.165, 1.54) is 21.5 Å². The molecule has 24 heavy (non-hydrogen) atoms. The Morgan fingerprint density at radius 3 is 0.750 bits per heavy atom. The van der Waals surface area contributed by atoms with Crippen LogP contribution >= 0.6 is 63.7 Å². The van der Waals surface area contributed by atoms with Crippen LogP contribution in [0.5, 0.6) is 0 Å². The molecule has 0 aliphatic carbocycles. The zero-order valence-electron chi connectivity index (χ0n) is 12.4. The van der Waals surface area contributed by atoms with E-state index in [-0.39, 0.29) is 0 Å². The highest BCUT2D eigenvalue weighted by Crippen LogP contribution is 2.23. The molecule has 0 spiro atoms. The molecular weight excluding hydrogens is 560 g/mol. The number of benzene rings is 4. The van der Waals surface area contributed by atoms with Gasteiger partial charge in [-0.2, -0.15) is 0 Å². The lowest BCUT2D eigenvalue weighted by Gasteiger charge is -1.98. The summed E-state index contributed by atoms with van der Waals surface area (Å²) >= 11 is 13.8. The Balaban J connectivity index is 0.000000141. The molecule has 0 radical (unpaired) electrons. The molecule has 0 bridgehead atoms. The van der Waals surface area contributed by atoms with Crippen LogP contribution in [0, 0.1) is 0 Å². The van der Waals surface area contributed by atoms with Gasteiger partial charge < -0.3 is 0 Å². The van der Waals surface area contributed by atoms with E-state index in [1.54, 1.807) is 0 Å². The average molecular weight is 572 g/mol. The van der Waals surface area contributed by atoms with Gasteiger partial charge in [-0.25, -0.2) is 0 Å². The number of rotatable bonds is 0. The van der Waals surface area contributed by atoms with Crippen molar-refractivity contribution in [3.8, 4) is 0 Å². The third-order valence-corrected chi connectivity index (χ3v) is 5.50. The summed E-state index contributed by atoms with van der Waals surface area (Å²) in [6.45, 7) is 0. The fourth-order valence-corrected chi connectivity index (χ4v) is 3.89. The van der Waals surface area contributed by atoms with Gasteiger partial charge in [-0.05, 0) is 70.1 Å². The summed E-state index contributed by atoms with van der Waals surface area (Å²) < 4.78 is 4.49. The van der Waals surface area contributed by atoms with Crippen LogP contribution in [0.15, 0.2) is 90.7 Å². The van der Waals surface area contributed by atoms with Crippen molar-refractivity contribution in [2.24, 2.45) is 0 Å². The van der Waals surface area contributed by atoms with Crippen LogP contribution in [0.25, 0.3) is 21.5 Å². The minimum Gasteiger partial charge on any atom is -0.0532 e. The van der Waals surface area contributed by atoms with Crippen molar-refractivity contribution in [3.63, 3.8) is 0 Å². The quantitative estimate of drug-likeness (QED) is 0.198. The average Bonchev–Trinajstić information content (AvgIpc) is 2.56. The Morgan fingerprint density at radius 2 is 0.542 bits per heavy atom. The van der Waals surface area contributed by atoms with Gasteiger partial charge in [0.05, 0.1) is 0 Å². The molecule has 0 saturated carbocycles. The first-order valence-corrected chi connectivity index (χ1v) is 10.4. The van der Waals surface area contributed by atoms with Crippen molar-refractivity contribution in [1.82, 2.24) is 0 Å². The summed E-state index contributed by atoms with van der Waals surface area (Å²) in [4.78, 5) is 0. The topological polar surface area (TPSA) is 0 Å². The number of hydrogen-bond acceptors (Lipinski definition) is 0. The second-order valence-electron chi connectivity index (χ2n) is 5.27. The van der Waals surface area contributed by atoms with Gasteiger partial charge >= 0.3 is 0 Å². The summed E-state index contributed by atoms with van der Waals surface area (Å²) in [5.74, 6) is 0. The third-order valence-electron chi connectivity index (χ3n) is 3.53. The van der Waals surface area contributed by atoms with Crippen LogP contribution in [-0.4, -0.2) is 0 Å². The van der Waals surface area contributed by atoms with Crippen molar-refractivity contribution in [1.29, 1.82) is 0 Å². The van der Waals surface area contributed by atoms with Gasteiger partial charge in [0.15, 0.2) is 0 Å². The number of hydrogen-bond donors (Lipinski definition) is 0. The first-order valence-electron chi connectivity index (χ1n) is 7.21. The Labute approximate surface area is 174 Å². The van der Waals surface area contributed by atoms with Gasteiger partial charge in [0.2, 0.25) is 0 Å². The van der Waals surface area contributed by atoms with Crippen LogP contribution in [-0.2, 0) is 0 Å². The monoisotopic (exact) mass is 568 g/mol. The SMILES string of the molecule is Brc1ccc2cc(Br)ccc2c1.Brc1ccc2cc(Br)ccc2c1. The molecule has 0 amide bonds. The molecule has 0 N–H and O–H groups in total. The van der Waals surface area contributed by atoms with Crippen LogP contribution in [0.3, 0.4) is 0 Å². The Hall–Kier alpha value is -0.680. The van der Waals surface area contributed by atoms with Gasteiger partial charge in [-0.15, -0.1) is 0 Å². The van der Waals surface area contributed by atoms with E-state index in [4.69, 9.17) is 0 Å². The maximum absolute atomic E-state index is 3.44. The minimum absolute atomic E-state index is 1.12.